The van der Waals surface area contributed by atoms with Gasteiger partial charge in [0.1, 0.15) is 0 Å². The highest BCUT2D eigenvalue weighted by Crippen LogP contribution is 2.11. The molecule has 5 nitrogen and oxygen atoms in total. The van der Waals surface area contributed by atoms with Gasteiger partial charge < -0.3 is 20.1 Å². The summed E-state index contributed by atoms with van der Waals surface area (Å²) in [5, 5.41) is 0. The normalized spacial score (nSPS) is 21.6. The first-order chi connectivity index (χ1) is 7.71. The van der Waals surface area contributed by atoms with E-state index in [1.807, 2.05) is 0 Å². The molecule has 2 N–H and O–H groups in total. The van der Waals surface area contributed by atoms with Gasteiger partial charge in [0, 0.05) is 59.4 Å². The molecule has 0 amide bonds. The maximum absolute atomic E-state index is 5.83. The van der Waals surface area contributed by atoms with E-state index in [1.54, 1.807) is 14.2 Å². The van der Waals surface area contributed by atoms with Gasteiger partial charge in [-0.05, 0) is 7.05 Å². The molecule has 0 bridgehead atoms. The van der Waals surface area contributed by atoms with Crippen LogP contribution in [0.2, 0.25) is 0 Å². The topological polar surface area (TPSA) is 51.0 Å². The monoisotopic (exact) mass is 231 g/mol. The fraction of sp³-hybridized carbons (Fsp3) is 1.00. The molecule has 0 saturated carbocycles. The molecule has 5 heteroatoms. The standard InChI is InChI=1S/C11H25N3O2/c1-13-4-6-14(7-5-13)10(9-12)8-11(15-2)16-3/h10-11H,4-9,12H2,1-3H3. The molecule has 1 atom stereocenters. The zero-order chi connectivity index (χ0) is 12.0. The predicted octanol–water partition coefficient (Wildman–Crippen LogP) is -0.430. The van der Waals surface area contributed by atoms with Crippen LogP contribution in [-0.4, -0.2) is 76.1 Å². The third-order valence-electron chi connectivity index (χ3n) is 3.32. The van der Waals surface area contributed by atoms with Crippen LogP contribution in [0.25, 0.3) is 0 Å². The Kier molecular flexibility index (Phi) is 6.23. The van der Waals surface area contributed by atoms with Gasteiger partial charge in [-0.3, -0.25) is 4.90 Å². The van der Waals surface area contributed by atoms with Crippen LogP contribution in [0.5, 0.6) is 0 Å². The van der Waals surface area contributed by atoms with Crippen molar-refractivity contribution >= 4 is 0 Å². The van der Waals surface area contributed by atoms with Gasteiger partial charge in [0.05, 0.1) is 0 Å². The number of nitrogens with zero attached hydrogens (tertiary/aromatic N) is 2. The van der Waals surface area contributed by atoms with Crippen LogP contribution in [0.3, 0.4) is 0 Å². The predicted molar refractivity (Wildman–Crippen MR) is 64.3 cm³/mol. The van der Waals surface area contributed by atoms with Gasteiger partial charge in [0.2, 0.25) is 0 Å². The Morgan fingerprint density at radius 1 is 1.12 bits per heavy atom. The van der Waals surface area contributed by atoms with E-state index in [2.05, 4.69) is 16.8 Å². The number of methoxy groups -OCH3 is 2. The molecule has 0 aromatic heterocycles. The molecule has 0 aromatic carbocycles. The second kappa shape index (κ2) is 7.19. The van der Waals surface area contributed by atoms with Crippen LogP contribution < -0.4 is 5.73 Å². The average molecular weight is 231 g/mol. The van der Waals surface area contributed by atoms with Crippen molar-refractivity contribution in [3.63, 3.8) is 0 Å². The second-order valence-corrected chi connectivity index (χ2v) is 4.37. The van der Waals surface area contributed by atoms with Gasteiger partial charge in [-0.15, -0.1) is 0 Å². The Hall–Kier alpha value is -0.200. The Morgan fingerprint density at radius 2 is 1.69 bits per heavy atom. The van der Waals surface area contributed by atoms with E-state index in [-0.39, 0.29) is 6.29 Å². The minimum atomic E-state index is -0.145. The summed E-state index contributed by atoms with van der Waals surface area (Å²) in [5.41, 5.74) is 5.83. The number of likely N-dealkylation sites (N-methyl/N-ethyl adjacent to an activating group) is 1. The van der Waals surface area contributed by atoms with Crippen LogP contribution in [0, 0.1) is 0 Å². The number of hydrogen-bond donors (Lipinski definition) is 1. The summed E-state index contributed by atoms with van der Waals surface area (Å²) in [5.74, 6) is 0. The summed E-state index contributed by atoms with van der Waals surface area (Å²) in [4.78, 5) is 4.78. The number of piperazine rings is 1. The van der Waals surface area contributed by atoms with Crippen molar-refractivity contribution in [2.75, 3.05) is 54.0 Å². The Bertz CT molecular complexity index is 180. The van der Waals surface area contributed by atoms with Crippen molar-refractivity contribution in [2.24, 2.45) is 5.73 Å². The van der Waals surface area contributed by atoms with Gasteiger partial charge in [0.25, 0.3) is 0 Å². The maximum Gasteiger partial charge on any atom is 0.158 e. The first kappa shape index (κ1) is 13.9. The van der Waals surface area contributed by atoms with Crippen LogP contribution in [0.1, 0.15) is 6.42 Å². The fourth-order valence-corrected chi connectivity index (χ4v) is 2.09. The minimum absolute atomic E-state index is 0.145. The lowest BCUT2D eigenvalue weighted by Gasteiger charge is -2.38. The molecule has 0 spiro atoms. The van der Waals surface area contributed by atoms with E-state index in [1.165, 1.54) is 0 Å². The lowest BCUT2D eigenvalue weighted by atomic mass is 10.1. The lowest BCUT2D eigenvalue weighted by Crippen LogP contribution is -2.52. The molecule has 1 rings (SSSR count). The van der Waals surface area contributed by atoms with Crippen LogP contribution >= 0.6 is 0 Å². The van der Waals surface area contributed by atoms with Gasteiger partial charge >= 0.3 is 0 Å². The number of ether oxygens (including phenoxy) is 2. The quantitative estimate of drug-likeness (QED) is 0.629. The molecule has 1 fully saturated rings. The zero-order valence-corrected chi connectivity index (χ0v) is 10.7. The third kappa shape index (κ3) is 3.99. The Morgan fingerprint density at radius 3 is 2.12 bits per heavy atom. The molecule has 96 valence electrons. The van der Waals surface area contributed by atoms with E-state index < -0.39 is 0 Å². The van der Waals surface area contributed by atoms with Crippen molar-refractivity contribution in [1.82, 2.24) is 9.80 Å². The van der Waals surface area contributed by atoms with Gasteiger partial charge in [-0.2, -0.15) is 0 Å². The van der Waals surface area contributed by atoms with Crippen molar-refractivity contribution in [3.05, 3.63) is 0 Å². The van der Waals surface area contributed by atoms with Crippen molar-refractivity contribution < 1.29 is 9.47 Å². The molecular weight excluding hydrogens is 206 g/mol. The highest BCUT2D eigenvalue weighted by atomic mass is 16.7. The van der Waals surface area contributed by atoms with Gasteiger partial charge in [0.15, 0.2) is 6.29 Å². The summed E-state index contributed by atoms with van der Waals surface area (Å²) in [6.45, 7) is 5.05. The SMILES string of the molecule is COC(CC(CN)N1CCN(C)CC1)OC. The molecule has 0 aromatic rings. The molecule has 16 heavy (non-hydrogen) atoms. The van der Waals surface area contributed by atoms with E-state index >= 15 is 0 Å². The lowest BCUT2D eigenvalue weighted by molar-refractivity contribution is -0.117. The molecule has 1 saturated heterocycles. The molecule has 1 heterocycles. The molecule has 0 radical (unpaired) electrons. The smallest absolute Gasteiger partial charge is 0.158 e. The van der Waals surface area contributed by atoms with Gasteiger partial charge in [-0.1, -0.05) is 0 Å². The van der Waals surface area contributed by atoms with E-state index in [0.717, 1.165) is 32.6 Å². The minimum Gasteiger partial charge on any atom is -0.356 e. The Labute approximate surface area is 98.5 Å². The molecule has 1 unspecified atom stereocenters. The number of nitrogens with two attached hydrogens (primary N) is 1. The van der Waals surface area contributed by atoms with Crippen LogP contribution in [-0.2, 0) is 9.47 Å². The van der Waals surface area contributed by atoms with Crippen molar-refractivity contribution in [3.8, 4) is 0 Å². The first-order valence-corrected chi connectivity index (χ1v) is 5.89. The Balaban J connectivity index is 2.40. The fourth-order valence-electron chi connectivity index (χ4n) is 2.09. The first-order valence-electron chi connectivity index (χ1n) is 5.89. The number of hydrogen-bond acceptors (Lipinski definition) is 5. The van der Waals surface area contributed by atoms with Crippen molar-refractivity contribution in [2.45, 2.75) is 18.8 Å². The van der Waals surface area contributed by atoms with Crippen molar-refractivity contribution in [1.29, 1.82) is 0 Å². The van der Waals surface area contributed by atoms with Crippen LogP contribution in [0.15, 0.2) is 0 Å². The zero-order valence-electron chi connectivity index (χ0n) is 10.7. The van der Waals surface area contributed by atoms with Crippen LogP contribution in [0.4, 0.5) is 0 Å². The second-order valence-electron chi connectivity index (χ2n) is 4.37. The molecule has 1 aliphatic heterocycles. The summed E-state index contributed by atoms with van der Waals surface area (Å²) in [6, 6.07) is 0.360. The molecular formula is C11H25N3O2. The maximum atomic E-state index is 5.83. The van der Waals surface area contributed by atoms with E-state index in [4.69, 9.17) is 15.2 Å². The summed E-state index contributed by atoms with van der Waals surface area (Å²) < 4.78 is 10.5. The largest absolute Gasteiger partial charge is 0.356 e. The third-order valence-corrected chi connectivity index (χ3v) is 3.32. The molecule has 0 aliphatic carbocycles. The van der Waals surface area contributed by atoms with E-state index in [9.17, 15) is 0 Å². The van der Waals surface area contributed by atoms with Gasteiger partial charge in [-0.25, -0.2) is 0 Å². The highest BCUT2D eigenvalue weighted by molar-refractivity contribution is 4.78. The summed E-state index contributed by atoms with van der Waals surface area (Å²) >= 11 is 0. The van der Waals surface area contributed by atoms with E-state index in [0.29, 0.717) is 12.6 Å². The summed E-state index contributed by atoms with van der Waals surface area (Å²) in [6.07, 6.45) is 0.695. The highest BCUT2D eigenvalue weighted by Gasteiger charge is 2.24. The summed E-state index contributed by atoms with van der Waals surface area (Å²) in [7, 11) is 5.50. The molecule has 1 aliphatic rings. The number of rotatable bonds is 6. The average Bonchev–Trinajstić information content (AvgIpc) is 2.32.